The third kappa shape index (κ3) is 6.79. The van der Waals surface area contributed by atoms with Gasteiger partial charge in [-0.15, -0.1) is 0 Å². The van der Waals surface area contributed by atoms with Crippen LogP contribution in [0.2, 0.25) is 0 Å². The zero-order chi connectivity index (χ0) is 20.8. The summed E-state index contributed by atoms with van der Waals surface area (Å²) in [5, 5.41) is 12.7. The summed E-state index contributed by atoms with van der Waals surface area (Å²) in [6.45, 7) is 2.36. The van der Waals surface area contributed by atoms with E-state index in [9.17, 15) is 23.3 Å². The van der Waals surface area contributed by atoms with Gasteiger partial charge in [0.1, 0.15) is 12.1 Å². The third-order valence-electron chi connectivity index (χ3n) is 4.32. The van der Waals surface area contributed by atoms with Gasteiger partial charge in [0.25, 0.3) is 5.91 Å². The van der Waals surface area contributed by atoms with Gasteiger partial charge in [-0.1, -0.05) is 29.8 Å². The number of hydrogen-bond donors (Lipinski definition) is 2. The van der Waals surface area contributed by atoms with E-state index in [1.807, 2.05) is 19.1 Å². The Labute approximate surface area is 164 Å². The van der Waals surface area contributed by atoms with Crippen LogP contribution in [-0.2, 0) is 24.3 Å². The molecule has 0 aromatic heterocycles. The number of ether oxygens (including phenoxy) is 1. The summed E-state index contributed by atoms with van der Waals surface area (Å²) in [6, 6.07) is 9.30. The van der Waals surface area contributed by atoms with Gasteiger partial charge >= 0.3 is 5.97 Å². The molecule has 0 unspecified atom stereocenters. The van der Waals surface area contributed by atoms with E-state index in [-0.39, 0.29) is 5.92 Å². The van der Waals surface area contributed by atoms with Gasteiger partial charge in [-0.3, -0.25) is 9.59 Å². The number of nitrogens with zero attached hydrogens (tertiary/aromatic N) is 1. The summed E-state index contributed by atoms with van der Waals surface area (Å²) in [5.74, 6) is -1.40. The Kier molecular flexibility index (Phi) is 6.94. The minimum Gasteiger partial charge on any atom is -0.455 e. The fourth-order valence-corrected chi connectivity index (χ4v) is 3.21. The second-order valence-corrected chi connectivity index (χ2v) is 8.53. The second kappa shape index (κ2) is 8.99. The number of nitriles is 1. The largest absolute Gasteiger partial charge is 0.455 e. The first-order chi connectivity index (χ1) is 13.1. The van der Waals surface area contributed by atoms with Crippen molar-refractivity contribution in [2.75, 3.05) is 13.2 Å². The number of sulfonamides is 1. The van der Waals surface area contributed by atoms with E-state index in [4.69, 9.17) is 4.74 Å². The van der Waals surface area contributed by atoms with Crippen LogP contribution in [0.4, 0.5) is 0 Å². The lowest BCUT2D eigenvalue weighted by atomic mass is 9.98. The Bertz CT molecular complexity index is 898. The molecule has 2 N–H and O–H groups in total. The molecular formula is C19H23N3O5S. The molecule has 150 valence electrons. The minimum atomic E-state index is -3.83. The maximum atomic E-state index is 11.9. The number of aryl methyl sites for hydroxylation is 1. The number of hydrogen-bond acceptors (Lipinski definition) is 6. The van der Waals surface area contributed by atoms with Crippen molar-refractivity contribution >= 4 is 28.0 Å². The number of rotatable bonds is 9. The van der Waals surface area contributed by atoms with Gasteiger partial charge in [-0.05, 0) is 44.2 Å². The molecule has 1 aliphatic carbocycles. The highest BCUT2D eigenvalue weighted by Gasteiger charge is 2.43. The molecule has 0 bridgehead atoms. The first kappa shape index (κ1) is 21.6. The van der Waals surface area contributed by atoms with E-state index in [0.29, 0.717) is 5.56 Å². The van der Waals surface area contributed by atoms with Crippen LogP contribution in [0.3, 0.4) is 0 Å². The molecule has 9 heteroatoms. The summed E-state index contributed by atoms with van der Waals surface area (Å²) < 4.78 is 30.6. The molecule has 0 saturated heterocycles. The van der Waals surface area contributed by atoms with E-state index < -0.39 is 40.6 Å². The topological polar surface area (TPSA) is 125 Å². The summed E-state index contributed by atoms with van der Waals surface area (Å²) in [4.78, 5) is 23.5. The molecule has 1 atom stereocenters. The molecule has 2 rings (SSSR count). The smallest absolute Gasteiger partial charge is 0.321 e. The second-order valence-electron chi connectivity index (χ2n) is 6.88. The van der Waals surface area contributed by atoms with E-state index >= 15 is 0 Å². The normalized spacial score (nSPS) is 16.2. The molecular weight excluding hydrogens is 382 g/mol. The Morgan fingerprint density at radius 1 is 1.32 bits per heavy atom. The van der Waals surface area contributed by atoms with Crippen LogP contribution in [-0.4, -0.2) is 39.0 Å². The highest BCUT2D eigenvalue weighted by atomic mass is 32.2. The van der Waals surface area contributed by atoms with Gasteiger partial charge in [-0.25, -0.2) is 13.1 Å². The summed E-state index contributed by atoms with van der Waals surface area (Å²) in [7, 11) is -3.83. The molecule has 8 nitrogen and oxygen atoms in total. The molecule has 28 heavy (non-hydrogen) atoms. The molecule has 0 radical (unpaired) electrons. The number of nitrogens with one attached hydrogen (secondary N) is 2. The molecule has 1 aromatic carbocycles. The predicted octanol–water partition coefficient (Wildman–Crippen LogP) is 1.24. The lowest BCUT2D eigenvalue weighted by molar-refractivity contribution is -0.147. The Balaban J connectivity index is 1.75. The van der Waals surface area contributed by atoms with E-state index in [1.165, 1.54) is 6.08 Å². The van der Waals surface area contributed by atoms with Crippen molar-refractivity contribution in [3.63, 3.8) is 0 Å². The number of carbonyl (C=O) groups is 2. The lowest BCUT2D eigenvalue weighted by Gasteiger charge is -2.22. The van der Waals surface area contributed by atoms with Crippen molar-refractivity contribution in [3.05, 3.63) is 40.8 Å². The van der Waals surface area contributed by atoms with Crippen LogP contribution in [0.1, 0.15) is 30.9 Å². The molecule has 0 spiro atoms. The van der Waals surface area contributed by atoms with Crippen molar-refractivity contribution in [2.45, 2.75) is 32.2 Å². The Hall–Kier alpha value is -2.70. The van der Waals surface area contributed by atoms with Gasteiger partial charge in [0.15, 0.2) is 6.61 Å². The number of carbonyl (C=O) groups excluding carboxylic acids is 2. The standard InChI is InChI=1S/C19H23N3O5S/c1-14-3-5-15(6-4-14)9-10-28(25,26)21-11-18(24)27-12-17(23)22-19(2,13-20)16-7-8-16/h3-6,9-10,16,21H,7-8,11-12H2,1-2H3,(H,22,23)/b10-9+/t19-/m1/s1. The van der Waals surface area contributed by atoms with Crippen LogP contribution in [0.5, 0.6) is 0 Å². The molecule has 1 amide bonds. The van der Waals surface area contributed by atoms with Crippen LogP contribution >= 0.6 is 0 Å². The van der Waals surface area contributed by atoms with E-state index in [1.54, 1.807) is 19.1 Å². The molecule has 0 heterocycles. The van der Waals surface area contributed by atoms with Crippen LogP contribution in [0, 0.1) is 24.2 Å². The predicted molar refractivity (Wildman–Crippen MR) is 103 cm³/mol. The van der Waals surface area contributed by atoms with Crippen molar-refractivity contribution in [1.82, 2.24) is 10.0 Å². The van der Waals surface area contributed by atoms with Crippen LogP contribution in [0.15, 0.2) is 29.7 Å². The van der Waals surface area contributed by atoms with Crippen molar-refractivity contribution in [2.24, 2.45) is 5.92 Å². The highest BCUT2D eigenvalue weighted by Crippen LogP contribution is 2.39. The molecule has 1 aromatic rings. The summed E-state index contributed by atoms with van der Waals surface area (Å²) in [5.41, 5.74) is 0.773. The van der Waals surface area contributed by atoms with Gasteiger partial charge in [0, 0.05) is 5.41 Å². The zero-order valence-electron chi connectivity index (χ0n) is 15.8. The zero-order valence-corrected chi connectivity index (χ0v) is 16.6. The maximum Gasteiger partial charge on any atom is 0.321 e. The average molecular weight is 405 g/mol. The van der Waals surface area contributed by atoms with Gasteiger partial charge in [-0.2, -0.15) is 5.26 Å². The van der Waals surface area contributed by atoms with Crippen molar-refractivity contribution in [3.8, 4) is 6.07 Å². The van der Waals surface area contributed by atoms with Crippen molar-refractivity contribution < 1.29 is 22.7 Å². The maximum absolute atomic E-state index is 11.9. The number of esters is 1. The first-order valence-corrected chi connectivity index (χ1v) is 10.3. The fraction of sp³-hybridized carbons (Fsp3) is 0.421. The Morgan fingerprint density at radius 2 is 1.96 bits per heavy atom. The summed E-state index contributed by atoms with van der Waals surface area (Å²) >= 11 is 0. The van der Waals surface area contributed by atoms with E-state index in [2.05, 4.69) is 16.1 Å². The minimum absolute atomic E-state index is 0.101. The van der Waals surface area contributed by atoms with Crippen molar-refractivity contribution in [1.29, 1.82) is 5.26 Å². The van der Waals surface area contributed by atoms with Crippen LogP contribution < -0.4 is 10.0 Å². The molecule has 0 aliphatic heterocycles. The highest BCUT2D eigenvalue weighted by molar-refractivity contribution is 7.92. The van der Waals surface area contributed by atoms with Gasteiger partial charge in [0.2, 0.25) is 10.0 Å². The average Bonchev–Trinajstić information content (AvgIpc) is 3.50. The quantitative estimate of drug-likeness (QED) is 0.596. The van der Waals surface area contributed by atoms with E-state index in [0.717, 1.165) is 23.8 Å². The molecule has 1 fully saturated rings. The van der Waals surface area contributed by atoms with Gasteiger partial charge < -0.3 is 10.1 Å². The number of benzene rings is 1. The fourth-order valence-electron chi connectivity index (χ4n) is 2.46. The lowest BCUT2D eigenvalue weighted by Crippen LogP contribution is -2.48. The molecule has 1 saturated carbocycles. The van der Waals surface area contributed by atoms with Crippen LogP contribution in [0.25, 0.3) is 6.08 Å². The third-order valence-corrected chi connectivity index (χ3v) is 5.37. The monoisotopic (exact) mass is 405 g/mol. The Morgan fingerprint density at radius 3 is 2.54 bits per heavy atom. The van der Waals surface area contributed by atoms with Gasteiger partial charge in [0.05, 0.1) is 6.07 Å². The number of amides is 1. The molecule has 1 aliphatic rings. The first-order valence-electron chi connectivity index (χ1n) is 8.76. The SMILES string of the molecule is Cc1ccc(/C=C/S(=O)(=O)NCC(=O)OCC(=O)N[C@](C)(C#N)C2CC2)cc1. The summed E-state index contributed by atoms with van der Waals surface area (Å²) in [6.07, 6.45) is 3.13.